The second kappa shape index (κ2) is 5.59. The molecule has 2 saturated carbocycles. The lowest BCUT2D eigenvalue weighted by molar-refractivity contribution is -0.384. The molecule has 0 radical (unpaired) electrons. The minimum absolute atomic E-state index is 0.0320. The number of benzene rings is 1. The predicted octanol–water partition coefficient (Wildman–Crippen LogP) is 2.98. The summed E-state index contributed by atoms with van der Waals surface area (Å²) in [5.41, 5.74) is 1.48. The highest BCUT2D eigenvalue weighted by Gasteiger charge is 2.60. The average molecular weight is 365 g/mol. The molecule has 1 saturated heterocycles. The maximum Gasteiger partial charge on any atom is 0.292 e. The Morgan fingerprint density at radius 3 is 2.44 bits per heavy atom. The number of sulfonamides is 1. The molecular weight excluding hydrogens is 342 g/mol. The van der Waals surface area contributed by atoms with Crippen LogP contribution in [0.15, 0.2) is 18.2 Å². The van der Waals surface area contributed by atoms with Crippen molar-refractivity contribution in [2.24, 2.45) is 17.3 Å². The lowest BCUT2D eigenvalue weighted by Crippen LogP contribution is -2.43. The fourth-order valence-corrected chi connectivity index (χ4v) is 5.50. The second-order valence-electron chi connectivity index (χ2n) is 7.58. The zero-order valence-corrected chi connectivity index (χ0v) is 15.1. The fraction of sp³-hybridized carbons (Fsp3) is 0.647. The predicted molar refractivity (Wildman–Crippen MR) is 96.3 cm³/mol. The molecule has 1 spiro atoms. The Morgan fingerprint density at radius 1 is 1.28 bits per heavy atom. The zero-order chi connectivity index (χ0) is 17.8. The molecule has 0 unspecified atom stereocenters. The number of hydrogen-bond acceptors (Lipinski definition) is 5. The van der Waals surface area contributed by atoms with E-state index in [0.29, 0.717) is 28.6 Å². The van der Waals surface area contributed by atoms with Crippen molar-refractivity contribution in [1.82, 2.24) is 0 Å². The van der Waals surface area contributed by atoms with Crippen molar-refractivity contribution in [3.63, 3.8) is 0 Å². The highest BCUT2D eigenvalue weighted by Crippen LogP contribution is 2.66. The first-order valence-corrected chi connectivity index (χ1v) is 10.5. The molecule has 0 amide bonds. The summed E-state index contributed by atoms with van der Waals surface area (Å²) in [5, 5.41) is 11.5. The Kier molecular flexibility index (Phi) is 3.72. The molecule has 2 atom stereocenters. The van der Waals surface area contributed by atoms with E-state index < -0.39 is 10.0 Å². The quantitative estimate of drug-likeness (QED) is 0.640. The van der Waals surface area contributed by atoms with Crippen molar-refractivity contribution in [1.29, 1.82) is 0 Å². The number of nitro groups is 1. The smallest absolute Gasteiger partial charge is 0.292 e. The van der Waals surface area contributed by atoms with E-state index in [1.54, 1.807) is 13.0 Å². The van der Waals surface area contributed by atoms with Crippen LogP contribution in [0.5, 0.6) is 0 Å². The molecule has 1 aliphatic heterocycles. The number of piperidine rings is 1. The lowest BCUT2D eigenvalue weighted by atomic mass is 9.81. The molecule has 1 aromatic rings. The number of nitro benzene ring substituents is 1. The van der Waals surface area contributed by atoms with Gasteiger partial charge in [0.05, 0.1) is 16.4 Å². The van der Waals surface area contributed by atoms with E-state index in [0.717, 1.165) is 13.1 Å². The molecule has 4 rings (SSSR count). The number of hydrogen-bond donors (Lipinski definition) is 1. The van der Waals surface area contributed by atoms with Crippen LogP contribution in [-0.2, 0) is 10.0 Å². The van der Waals surface area contributed by atoms with Crippen molar-refractivity contribution in [2.75, 3.05) is 28.5 Å². The molecule has 25 heavy (non-hydrogen) atoms. The first kappa shape index (κ1) is 16.6. The lowest BCUT2D eigenvalue weighted by Gasteiger charge is -2.39. The topological polar surface area (TPSA) is 92.5 Å². The second-order valence-corrected chi connectivity index (χ2v) is 9.59. The van der Waals surface area contributed by atoms with Crippen LogP contribution >= 0.6 is 0 Å². The molecule has 3 aliphatic rings. The first-order chi connectivity index (χ1) is 11.8. The molecule has 7 nitrogen and oxygen atoms in total. The fourth-order valence-electron chi connectivity index (χ4n) is 4.87. The van der Waals surface area contributed by atoms with Crippen LogP contribution in [-0.4, -0.2) is 32.2 Å². The normalized spacial score (nSPS) is 26.7. The van der Waals surface area contributed by atoms with Crippen molar-refractivity contribution >= 4 is 27.1 Å². The van der Waals surface area contributed by atoms with Crippen molar-refractivity contribution in [3.05, 3.63) is 28.3 Å². The molecule has 1 aromatic carbocycles. The average Bonchev–Trinajstić information content (AvgIpc) is 3.31. The molecule has 2 bridgehead atoms. The first-order valence-electron chi connectivity index (χ1n) is 8.88. The van der Waals surface area contributed by atoms with E-state index in [4.69, 9.17) is 0 Å². The molecular formula is C17H23N3O4S. The van der Waals surface area contributed by atoms with Gasteiger partial charge in [0, 0.05) is 19.2 Å². The molecule has 3 fully saturated rings. The van der Waals surface area contributed by atoms with Gasteiger partial charge in [0.1, 0.15) is 5.69 Å². The van der Waals surface area contributed by atoms with Crippen LogP contribution in [0.1, 0.15) is 32.6 Å². The third kappa shape index (κ3) is 2.76. The maximum atomic E-state index is 11.8. The van der Waals surface area contributed by atoms with E-state index in [-0.39, 0.29) is 16.4 Å². The molecule has 136 valence electrons. The van der Waals surface area contributed by atoms with Crippen molar-refractivity contribution < 1.29 is 13.3 Å². The number of anilines is 2. The van der Waals surface area contributed by atoms with E-state index in [9.17, 15) is 18.5 Å². The van der Waals surface area contributed by atoms with Gasteiger partial charge in [0.2, 0.25) is 10.0 Å². The summed E-state index contributed by atoms with van der Waals surface area (Å²) < 4.78 is 26.2. The zero-order valence-electron chi connectivity index (χ0n) is 14.3. The summed E-state index contributed by atoms with van der Waals surface area (Å²) in [7, 11) is -3.41. The van der Waals surface area contributed by atoms with Crippen molar-refractivity contribution in [2.45, 2.75) is 32.6 Å². The Labute approximate surface area is 147 Å². The van der Waals surface area contributed by atoms with Gasteiger partial charge in [-0.05, 0) is 62.0 Å². The number of nitrogens with one attached hydrogen (secondary N) is 1. The maximum absolute atomic E-state index is 11.8. The van der Waals surface area contributed by atoms with Gasteiger partial charge in [-0.1, -0.05) is 0 Å². The summed E-state index contributed by atoms with van der Waals surface area (Å²) in [5.74, 6) is 1.19. The minimum Gasteiger partial charge on any atom is -0.365 e. The van der Waals surface area contributed by atoms with Gasteiger partial charge in [-0.25, -0.2) is 8.42 Å². The van der Waals surface area contributed by atoms with Crippen LogP contribution in [0, 0.1) is 27.4 Å². The monoisotopic (exact) mass is 365 g/mol. The summed E-state index contributed by atoms with van der Waals surface area (Å²) in [6.45, 7) is 3.23. The highest BCUT2D eigenvalue weighted by atomic mass is 32.2. The van der Waals surface area contributed by atoms with Crippen LogP contribution in [0.25, 0.3) is 0 Å². The van der Waals surface area contributed by atoms with E-state index in [1.165, 1.54) is 37.8 Å². The van der Waals surface area contributed by atoms with Crippen LogP contribution in [0.3, 0.4) is 0 Å². The highest BCUT2D eigenvalue weighted by molar-refractivity contribution is 7.92. The molecule has 0 aromatic heterocycles. The summed E-state index contributed by atoms with van der Waals surface area (Å²) in [4.78, 5) is 13.2. The SMILES string of the molecule is CCS(=O)(=O)Nc1ccc([N+](=O)[O-])c(N2C[C@H]3CC[C@@H](C2)C32CC2)c1. The third-order valence-corrected chi connectivity index (χ3v) is 7.67. The van der Waals surface area contributed by atoms with E-state index in [2.05, 4.69) is 9.62 Å². The van der Waals surface area contributed by atoms with Gasteiger partial charge < -0.3 is 4.90 Å². The van der Waals surface area contributed by atoms with E-state index >= 15 is 0 Å². The van der Waals surface area contributed by atoms with Gasteiger partial charge in [0.25, 0.3) is 5.69 Å². The largest absolute Gasteiger partial charge is 0.365 e. The van der Waals surface area contributed by atoms with Crippen LogP contribution in [0.4, 0.5) is 17.1 Å². The summed E-state index contributed by atoms with van der Waals surface area (Å²) >= 11 is 0. The number of rotatable bonds is 5. The van der Waals surface area contributed by atoms with Crippen molar-refractivity contribution in [3.8, 4) is 0 Å². The molecule has 2 aliphatic carbocycles. The Morgan fingerprint density at radius 2 is 1.92 bits per heavy atom. The molecule has 1 heterocycles. The van der Waals surface area contributed by atoms with Gasteiger partial charge in [-0.3, -0.25) is 14.8 Å². The number of nitrogens with zero attached hydrogens (tertiary/aromatic N) is 2. The van der Waals surface area contributed by atoms with Gasteiger partial charge in [0.15, 0.2) is 0 Å². The van der Waals surface area contributed by atoms with Crippen LogP contribution in [0.2, 0.25) is 0 Å². The minimum atomic E-state index is -3.41. The Hall–Kier alpha value is -1.83. The third-order valence-electron chi connectivity index (χ3n) is 6.36. The Bertz CT molecular complexity index is 803. The molecule has 8 heteroatoms. The molecule has 1 N–H and O–H groups in total. The Balaban J connectivity index is 1.66. The van der Waals surface area contributed by atoms with Gasteiger partial charge >= 0.3 is 0 Å². The van der Waals surface area contributed by atoms with Gasteiger partial charge in [-0.2, -0.15) is 0 Å². The van der Waals surface area contributed by atoms with Gasteiger partial charge in [-0.15, -0.1) is 0 Å². The summed E-state index contributed by atoms with van der Waals surface area (Å²) in [6.07, 6.45) is 5.01. The van der Waals surface area contributed by atoms with Crippen LogP contribution < -0.4 is 9.62 Å². The summed E-state index contributed by atoms with van der Waals surface area (Å²) in [6, 6.07) is 4.50. The standard InChI is InChI=1S/C17H23N3O4S/c1-2-25(23,24)18-14-5-6-15(20(21)22)16(9-14)19-10-12-3-4-13(11-19)17(12)7-8-17/h5-6,9,12-13,18H,2-4,7-8,10-11H2,1H3/t12-,13+. The van der Waals surface area contributed by atoms with E-state index in [1.807, 2.05) is 0 Å².